The number of nitrogens with two attached hydrogens (primary N) is 1. The summed E-state index contributed by atoms with van der Waals surface area (Å²) in [6.45, 7) is 3.83. The van der Waals surface area contributed by atoms with E-state index in [2.05, 4.69) is 10.7 Å². The smallest absolute Gasteiger partial charge is 0.263 e. The minimum absolute atomic E-state index is 0.128. The summed E-state index contributed by atoms with van der Waals surface area (Å²) in [6, 6.07) is 1.77. The third-order valence-electron chi connectivity index (χ3n) is 6.64. The molecule has 7 nitrogen and oxygen atoms in total. The zero-order valence-electron chi connectivity index (χ0n) is 18.4. The van der Waals surface area contributed by atoms with Gasteiger partial charge in [-0.15, -0.1) is 0 Å². The monoisotopic (exact) mass is 416 g/mol. The number of pyridine rings is 1. The molecule has 0 aromatic carbocycles. The third kappa shape index (κ3) is 5.12. The Labute approximate surface area is 178 Å². The molecule has 1 heterocycles. The fourth-order valence-corrected chi connectivity index (χ4v) is 4.81. The average molecular weight is 417 g/mol. The molecule has 2 aliphatic rings. The van der Waals surface area contributed by atoms with E-state index < -0.39 is 17.4 Å². The summed E-state index contributed by atoms with van der Waals surface area (Å²) in [7, 11) is 0. The number of carbonyl (C=O) groups is 2. The van der Waals surface area contributed by atoms with Crippen molar-refractivity contribution in [2.24, 2.45) is 11.8 Å². The predicted octanol–water partition coefficient (Wildman–Crippen LogP) is 2.59. The highest BCUT2D eigenvalue weighted by Crippen LogP contribution is 2.27. The first kappa shape index (κ1) is 22.5. The second-order valence-electron chi connectivity index (χ2n) is 9.42. The van der Waals surface area contributed by atoms with Crippen LogP contribution in [0.5, 0.6) is 0 Å². The second kappa shape index (κ2) is 9.77. The highest BCUT2D eigenvalue weighted by atomic mass is 16.2. The number of hydrogen-bond donors (Lipinski definition) is 3. The number of hydrazine groups is 1. The number of aromatic nitrogens is 1. The maximum absolute atomic E-state index is 13.5. The third-order valence-corrected chi connectivity index (χ3v) is 6.64. The quantitative estimate of drug-likeness (QED) is 0.390. The van der Waals surface area contributed by atoms with Gasteiger partial charge in [0.05, 0.1) is 0 Å². The molecule has 7 heteroatoms. The van der Waals surface area contributed by atoms with Gasteiger partial charge in [0, 0.05) is 12.2 Å². The maximum atomic E-state index is 13.5. The maximum Gasteiger partial charge on any atom is 0.263 e. The molecule has 3 rings (SSSR count). The van der Waals surface area contributed by atoms with Crippen LogP contribution in [-0.4, -0.2) is 21.9 Å². The minimum atomic E-state index is -1.21. The topological polar surface area (TPSA) is 106 Å². The lowest BCUT2D eigenvalue weighted by Gasteiger charge is -2.27. The van der Waals surface area contributed by atoms with Crippen molar-refractivity contribution >= 4 is 11.8 Å². The van der Waals surface area contributed by atoms with Gasteiger partial charge in [-0.25, -0.2) is 5.84 Å². The van der Waals surface area contributed by atoms with Crippen LogP contribution in [0.3, 0.4) is 0 Å². The zero-order valence-corrected chi connectivity index (χ0v) is 18.4. The Bertz CT molecular complexity index is 838. The molecule has 166 valence electrons. The van der Waals surface area contributed by atoms with Gasteiger partial charge < -0.3 is 9.88 Å². The summed E-state index contributed by atoms with van der Waals surface area (Å²) in [4.78, 5) is 38.5. The van der Waals surface area contributed by atoms with E-state index in [0.29, 0.717) is 12.5 Å². The first-order valence-electron chi connectivity index (χ1n) is 11.4. The van der Waals surface area contributed by atoms with Crippen molar-refractivity contribution < 1.29 is 9.59 Å². The molecule has 0 spiro atoms. The molecule has 2 amide bonds. The van der Waals surface area contributed by atoms with E-state index in [4.69, 9.17) is 5.84 Å². The number of amides is 2. The van der Waals surface area contributed by atoms with Gasteiger partial charge in [0.2, 0.25) is 0 Å². The Kier molecular flexibility index (Phi) is 7.34. The lowest BCUT2D eigenvalue weighted by Crippen LogP contribution is -2.57. The van der Waals surface area contributed by atoms with Gasteiger partial charge in [0.15, 0.2) is 0 Å². The Morgan fingerprint density at radius 2 is 1.70 bits per heavy atom. The van der Waals surface area contributed by atoms with Gasteiger partial charge in [0.1, 0.15) is 11.1 Å². The van der Waals surface area contributed by atoms with Crippen LogP contribution in [0.2, 0.25) is 0 Å². The predicted molar refractivity (Wildman–Crippen MR) is 117 cm³/mol. The number of nitrogens with one attached hydrogen (secondary N) is 2. The van der Waals surface area contributed by atoms with Gasteiger partial charge in [-0.2, -0.15) is 0 Å². The van der Waals surface area contributed by atoms with Gasteiger partial charge in [-0.3, -0.25) is 19.8 Å². The number of carbonyl (C=O) groups excluding carboxylic acids is 2. The van der Waals surface area contributed by atoms with Crippen molar-refractivity contribution in [3.8, 4) is 0 Å². The largest absolute Gasteiger partial charge is 0.338 e. The van der Waals surface area contributed by atoms with Crippen molar-refractivity contribution in [1.82, 2.24) is 15.3 Å². The van der Waals surface area contributed by atoms with E-state index in [1.807, 2.05) is 4.57 Å². The fourth-order valence-electron chi connectivity index (χ4n) is 4.81. The molecule has 0 bridgehead atoms. The summed E-state index contributed by atoms with van der Waals surface area (Å²) in [6.07, 6.45) is 12.2. The highest BCUT2D eigenvalue weighted by molar-refractivity contribution is 5.98. The van der Waals surface area contributed by atoms with E-state index in [0.717, 1.165) is 49.8 Å². The van der Waals surface area contributed by atoms with Crippen LogP contribution in [-0.2, 0) is 24.2 Å². The number of nitrogens with zero attached hydrogens (tertiary/aromatic N) is 1. The van der Waals surface area contributed by atoms with Crippen LogP contribution in [0.15, 0.2) is 10.9 Å². The molecule has 2 aliphatic carbocycles. The number of aryl methyl sites for hydroxylation is 1. The van der Waals surface area contributed by atoms with Gasteiger partial charge in [-0.1, -0.05) is 32.1 Å². The normalized spacial score (nSPS) is 18.1. The Balaban J connectivity index is 1.99. The van der Waals surface area contributed by atoms with Crippen molar-refractivity contribution in [2.75, 3.05) is 0 Å². The van der Waals surface area contributed by atoms with E-state index in [-0.39, 0.29) is 11.1 Å². The van der Waals surface area contributed by atoms with E-state index in [1.54, 1.807) is 19.9 Å². The summed E-state index contributed by atoms with van der Waals surface area (Å²) in [5, 5.41) is 2.69. The molecule has 0 saturated heterocycles. The lowest BCUT2D eigenvalue weighted by molar-refractivity contribution is -0.126. The number of fused-ring (bicyclic) bond motifs is 1. The molecule has 0 aliphatic heterocycles. The van der Waals surface area contributed by atoms with Crippen LogP contribution in [0.25, 0.3) is 0 Å². The van der Waals surface area contributed by atoms with Crippen molar-refractivity contribution in [3.05, 3.63) is 33.2 Å². The summed E-state index contributed by atoms with van der Waals surface area (Å²) < 4.78 is 1.89. The minimum Gasteiger partial charge on any atom is -0.338 e. The van der Waals surface area contributed by atoms with E-state index >= 15 is 0 Å². The number of hydrogen-bond acceptors (Lipinski definition) is 4. The van der Waals surface area contributed by atoms with Gasteiger partial charge >= 0.3 is 0 Å². The molecule has 0 unspecified atom stereocenters. The summed E-state index contributed by atoms with van der Waals surface area (Å²) >= 11 is 0. The first-order valence-corrected chi connectivity index (χ1v) is 11.4. The molecule has 1 saturated carbocycles. The van der Waals surface area contributed by atoms with Gasteiger partial charge in [-0.05, 0) is 69.9 Å². The Hall–Kier alpha value is -2.15. The van der Waals surface area contributed by atoms with Crippen molar-refractivity contribution in [1.29, 1.82) is 0 Å². The van der Waals surface area contributed by atoms with Crippen LogP contribution in [0.4, 0.5) is 0 Å². The summed E-state index contributed by atoms with van der Waals surface area (Å²) in [5.74, 6) is 4.70. The number of rotatable bonds is 5. The zero-order chi connectivity index (χ0) is 21.7. The van der Waals surface area contributed by atoms with E-state index in [9.17, 15) is 14.4 Å². The molecule has 1 aromatic heterocycles. The standard InChI is InChI=1S/C23H36N4O3/c1-23(2,22(30)26-24)25-20(28)18-14-17-12-8-3-4-9-13-19(17)27(21(18)29)15-16-10-6-5-7-11-16/h14,16H,3-13,15,24H2,1-2H3,(H,25,28)(H,26,30). The molecule has 4 N–H and O–H groups in total. The highest BCUT2D eigenvalue weighted by Gasteiger charge is 2.31. The fraction of sp³-hybridized carbons (Fsp3) is 0.696. The molecule has 0 radical (unpaired) electrons. The molecular weight excluding hydrogens is 380 g/mol. The van der Waals surface area contributed by atoms with Crippen LogP contribution in [0.1, 0.15) is 93.3 Å². The van der Waals surface area contributed by atoms with E-state index in [1.165, 1.54) is 32.1 Å². The van der Waals surface area contributed by atoms with Gasteiger partial charge in [0.25, 0.3) is 17.4 Å². The molecular formula is C23H36N4O3. The van der Waals surface area contributed by atoms with Crippen LogP contribution >= 0.6 is 0 Å². The van der Waals surface area contributed by atoms with Crippen molar-refractivity contribution in [3.63, 3.8) is 0 Å². The molecule has 1 aromatic rings. The van der Waals surface area contributed by atoms with Crippen molar-refractivity contribution in [2.45, 2.75) is 96.6 Å². The second-order valence-corrected chi connectivity index (χ2v) is 9.42. The Morgan fingerprint density at radius 1 is 1.07 bits per heavy atom. The Morgan fingerprint density at radius 3 is 2.37 bits per heavy atom. The summed E-state index contributed by atoms with van der Waals surface area (Å²) in [5.41, 5.74) is 2.97. The molecule has 0 atom stereocenters. The molecule has 30 heavy (non-hydrogen) atoms. The average Bonchev–Trinajstić information content (AvgIpc) is 2.70. The molecule has 1 fully saturated rings. The SMILES string of the molecule is CC(C)(NC(=O)c1cc2c(n(CC3CCCCC3)c1=O)CCCCCC2)C(=O)NN. The van der Waals surface area contributed by atoms with Crippen LogP contribution in [0, 0.1) is 5.92 Å². The first-order chi connectivity index (χ1) is 14.3. The lowest BCUT2D eigenvalue weighted by atomic mass is 9.88. The van der Waals surface area contributed by atoms with Crippen LogP contribution < -0.4 is 22.1 Å².